The molecule has 1 atom stereocenters. The molecule has 1 unspecified atom stereocenters. The number of carbonyl (C=O) groups is 2. The van der Waals surface area contributed by atoms with Crippen molar-refractivity contribution in [1.82, 2.24) is 9.80 Å². The SMILES string of the molecule is O=C(/C=C/c1ccccc1)N1CCC(C(=O)N2CCC(O)(C(F)(F)F)C2)CC1. The number of alkyl halides is 3. The van der Waals surface area contributed by atoms with Crippen molar-refractivity contribution < 1.29 is 27.9 Å². The highest BCUT2D eigenvalue weighted by atomic mass is 19.4. The Labute approximate surface area is 161 Å². The molecular formula is C20H23F3N2O3. The molecule has 2 aliphatic heterocycles. The average molecular weight is 396 g/mol. The molecule has 0 radical (unpaired) electrons. The first kappa shape index (κ1) is 20.4. The van der Waals surface area contributed by atoms with Gasteiger partial charge < -0.3 is 14.9 Å². The second-order valence-corrected chi connectivity index (χ2v) is 7.38. The van der Waals surface area contributed by atoms with E-state index in [9.17, 15) is 27.9 Å². The molecule has 0 bridgehead atoms. The van der Waals surface area contributed by atoms with Crippen LogP contribution in [0, 0.1) is 5.92 Å². The molecule has 2 saturated heterocycles. The van der Waals surface area contributed by atoms with E-state index in [0.29, 0.717) is 25.9 Å². The third-order valence-electron chi connectivity index (χ3n) is 5.46. The van der Waals surface area contributed by atoms with Crippen molar-refractivity contribution in [3.05, 3.63) is 42.0 Å². The summed E-state index contributed by atoms with van der Waals surface area (Å²) < 4.78 is 38.8. The lowest BCUT2D eigenvalue weighted by molar-refractivity contribution is -0.253. The van der Waals surface area contributed by atoms with Crippen molar-refractivity contribution in [1.29, 1.82) is 0 Å². The molecule has 3 rings (SSSR count). The Balaban J connectivity index is 1.51. The molecule has 0 spiro atoms. The number of aliphatic hydroxyl groups is 1. The van der Waals surface area contributed by atoms with Crippen LogP contribution in [0.25, 0.3) is 6.08 Å². The van der Waals surface area contributed by atoms with Crippen LogP contribution in [0.2, 0.25) is 0 Å². The highest BCUT2D eigenvalue weighted by Gasteiger charge is 2.58. The van der Waals surface area contributed by atoms with Crippen molar-refractivity contribution in [2.24, 2.45) is 5.92 Å². The summed E-state index contributed by atoms with van der Waals surface area (Å²) in [5, 5.41) is 9.73. The minimum Gasteiger partial charge on any atom is -0.379 e. The average Bonchev–Trinajstić information content (AvgIpc) is 3.10. The zero-order valence-corrected chi connectivity index (χ0v) is 15.4. The third kappa shape index (κ3) is 4.38. The third-order valence-corrected chi connectivity index (χ3v) is 5.46. The number of hydrogen-bond donors (Lipinski definition) is 1. The number of likely N-dealkylation sites (tertiary alicyclic amines) is 2. The van der Waals surface area contributed by atoms with Gasteiger partial charge in [0.25, 0.3) is 0 Å². The minimum absolute atomic E-state index is 0.103. The maximum absolute atomic E-state index is 12.9. The van der Waals surface area contributed by atoms with Gasteiger partial charge in [-0.3, -0.25) is 9.59 Å². The van der Waals surface area contributed by atoms with Crippen LogP contribution in [-0.4, -0.2) is 64.7 Å². The van der Waals surface area contributed by atoms with Gasteiger partial charge in [0.2, 0.25) is 11.8 Å². The Morgan fingerprint density at radius 1 is 1.07 bits per heavy atom. The number of amides is 2. The lowest BCUT2D eigenvalue weighted by Crippen LogP contribution is -2.49. The highest BCUT2D eigenvalue weighted by Crippen LogP contribution is 2.38. The fraction of sp³-hybridized carbons (Fsp3) is 0.500. The second-order valence-electron chi connectivity index (χ2n) is 7.38. The van der Waals surface area contributed by atoms with Crippen LogP contribution in [0.4, 0.5) is 13.2 Å². The Hall–Kier alpha value is -2.35. The van der Waals surface area contributed by atoms with Gasteiger partial charge in [-0.1, -0.05) is 30.3 Å². The number of rotatable bonds is 3. The fourth-order valence-corrected chi connectivity index (χ4v) is 3.66. The standard InChI is InChI=1S/C20H23F3N2O3/c21-20(22,23)19(28)10-13-25(14-19)18(27)16-8-11-24(12-9-16)17(26)7-6-15-4-2-1-3-5-15/h1-7,16,28H,8-14H2/b7-6+. The molecule has 5 nitrogen and oxygen atoms in total. The summed E-state index contributed by atoms with van der Waals surface area (Å²) in [4.78, 5) is 27.6. The number of halogens is 3. The molecule has 152 valence electrons. The van der Waals surface area contributed by atoms with E-state index in [-0.39, 0.29) is 18.4 Å². The zero-order valence-electron chi connectivity index (χ0n) is 15.4. The molecule has 28 heavy (non-hydrogen) atoms. The van der Waals surface area contributed by atoms with E-state index in [2.05, 4.69) is 0 Å². The Morgan fingerprint density at radius 2 is 1.71 bits per heavy atom. The van der Waals surface area contributed by atoms with E-state index in [1.807, 2.05) is 30.3 Å². The van der Waals surface area contributed by atoms with E-state index in [1.165, 1.54) is 6.08 Å². The van der Waals surface area contributed by atoms with Crippen molar-refractivity contribution in [3.63, 3.8) is 0 Å². The van der Waals surface area contributed by atoms with Crippen molar-refractivity contribution >= 4 is 17.9 Å². The summed E-state index contributed by atoms with van der Waals surface area (Å²) in [5.74, 6) is -0.938. The number of hydrogen-bond acceptors (Lipinski definition) is 3. The van der Waals surface area contributed by atoms with Crippen molar-refractivity contribution in [3.8, 4) is 0 Å². The van der Waals surface area contributed by atoms with Crippen LogP contribution in [0.1, 0.15) is 24.8 Å². The van der Waals surface area contributed by atoms with E-state index in [0.717, 1.165) is 10.5 Å². The lowest BCUT2D eigenvalue weighted by Gasteiger charge is -2.33. The van der Waals surface area contributed by atoms with E-state index in [1.54, 1.807) is 11.0 Å². The maximum Gasteiger partial charge on any atom is 0.419 e. The van der Waals surface area contributed by atoms with Crippen LogP contribution in [0.5, 0.6) is 0 Å². The molecule has 0 aromatic heterocycles. The van der Waals surface area contributed by atoms with Gasteiger partial charge in [0.1, 0.15) is 0 Å². The van der Waals surface area contributed by atoms with E-state index in [4.69, 9.17) is 0 Å². The van der Waals surface area contributed by atoms with Crippen LogP contribution in [-0.2, 0) is 9.59 Å². The fourth-order valence-electron chi connectivity index (χ4n) is 3.66. The Kier molecular flexibility index (Phi) is 5.79. The monoisotopic (exact) mass is 396 g/mol. The predicted molar refractivity (Wildman–Crippen MR) is 97.0 cm³/mol. The van der Waals surface area contributed by atoms with Gasteiger partial charge in [-0.15, -0.1) is 0 Å². The summed E-state index contributed by atoms with van der Waals surface area (Å²) in [5.41, 5.74) is -1.91. The van der Waals surface area contributed by atoms with E-state index < -0.39 is 30.7 Å². The molecular weight excluding hydrogens is 373 g/mol. The summed E-state index contributed by atoms with van der Waals surface area (Å²) in [7, 11) is 0. The number of carbonyl (C=O) groups excluding carboxylic acids is 2. The highest BCUT2D eigenvalue weighted by molar-refractivity contribution is 5.92. The molecule has 2 fully saturated rings. The molecule has 1 aromatic rings. The molecule has 2 amide bonds. The summed E-state index contributed by atoms with van der Waals surface area (Å²) in [6.45, 7) is -0.0560. The normalized spacial score (nSPS) is 24.1. The zero-order chi connectivity index (χ0) is 20.4. The van der Waals surface area contributed by atoms with Crippen molar-refractivity contribution in [2.75, 3.05) is 26.2 Å². The topological polar surface area (TPSA) is 60.9 Å². The van der Waals surface area contributed by atoms with Crippen LogP contribution >= 0.6 is 0 Å². The molecule has 1 aromatic carbocycles. The molecule has 8 heteroatoms. The first-order valence-corrected chi connectivity index (χ1v) is 9.29. The molecule has 2 heterocycles. The van der Waals surface area contributed by atoms with Gasteiger partial charge in [0.15, 0.2) is 5.60 Å². The largest absolute Gasteiger partial charge is 0.419 e. The van der Waals surface area contributed by atoms with Gasteiger partial charge >= 0.3 is 6.18 Å². The maximum atomic E-state index is 12.9. The van der Waals surface area contributed by atoms with Crippen molar-refractivity contribution in [2.45, 2.75) is 31.0 Å². The molecule has 1 N–H and O–H groups in total. The van der Waals surface area contributed by atoms with Crippen LogP contribution in [0.15, 0.2) is 36.4 Å². The first-order valence-electron chi connectivity index (χ1n) is 9.29. The first-order chi connectivity index (χ1) is 13.2. The smallest absolute Gasteiger partial charge is 0.379 e. The van der Waals surface area contributed by atoms with Gasteiger partial charge in [0, 0.05) is 38.0 Å². The molecule has 0 saturated carbocycles. The summed E-state index contributed by atoms with van der Waals surface area (Å²) in [6.07, 6.45) is -1.22. The Bertz CT molecular complexity index is 743. The Morgan fingerprint density at radius 3 is 2.29 bits per heavy atom. The number of nitrogens with zero attached hydrogens (tertiary/aromatic N) is 2. The van der Waals surface area contributed by atoms with Gasteiger partial charge in [-0.25, -0.2) is 0 Å². The van der Waals surface area contributed by atoms with E-state index >= 15 is 0 Å². The number of β-amino-alcohol motifs (C(OH)–C–C–N with tert-alkyl or cyclic N) is 1. The predicted octanol–water partition coefficient (Wildman–Crippen LogP) is 2.46. The number of piperidine rings is 1. The lowest BCUT2D eigenvalue weighted by atomic mass is 9.95. The van der Waals surface area contributed by atoms with Crippen LogP contribution < -0.4 is 0 Å². The quantitative estimate of drug-likeness (QED) is 0.799. The van der Waals surface area contributed by atoms with Crippen LogP contribution in [0.3, 0.4) is 0 Å². The summed E-state index contributed by atoms with van der Waals surface area (Å²) >= 11 is 0. The minimum atomic E-state index is -4.75. The number of benzene rings is 1. The molecule has 0 aliphatic carbocycles. The summed E-state index contributed by atoms with van der Waals surface area (Å²) in [6, 6.07) is 9.40. The van der Waals surface area contributed by atoms with Gasteiger partial charge in [-0.2, -0.15) is 13.2 Å². The second kappa shape index (κ2) is 7.95. The molecule has 2 aliphatic rings. The van der Waals surface area contributed by atoms with Gasteiger partial charge in [-0.05, 0) is 24.5 Å². The van der Waals surface area contributed by atoms with Gasteiger partial charge in [0.05, 0.1) is 6.54 Å².